The fourth-order valence-corrected chi connectivity index (χ4v) is 2.87. The minimum Gasteiger partial charge on any atom is -0.326 e. The maximum atomic E-state index is 12.1. The first-order valence-electron chi connectivity index (χ1n) is 8.11. The summed E-state index contributed by atoms with van der Waals surface area (Å²) in [6.07, 6.45) is 5.62. The van der Waals surface area contributed by atoms with Gasteiger partial charge in [-0.05, 0) is 62.1 Å². The highest BCUT2D eigenvalue weighted by molar-refractivity contribution is 6.06. The van der Waals surface area contributed by atoms with Gasteiger partial charge in [0.1, 0.15) is 0 Å². The number of amides is 2. The molecule has 3 rings (SSSR count). The van der Waals surface area contributed by atoms with Gasteiger partial charge in [0.25, 0.3) is 0 Å². The summed E-state index contributed by atoms with van der Waals surface area (Å²) >= 11 is 0. The molecule has 5 heteroatoms. The SMILES string of the molecule is CC1(C)C(=O)Nc2ccc(NC(=O)CCCc3cccnc3)cc21. The van der Waals surface area contributed by atoms with Gasteiger partial charge in [-0.1, -0.05) is 6.07 Å². The number of hydrogen-bond donors (Lipinski definition) is 2. The van der Waals surface area contributed by atoms with E-state index in [0.717, 1.165) is 35.3 Å². The summed E-state index contributed by atoms with van der Waals surface area (Å²) in [5, 5.41) is 5.78. The number of aryl methyl sites for hydroxylation is 1. The number of carbonyl (C=O) groups excluding carboxylic acids is 2. The molecular formula is C19H21N3O2. The van der Waals surface area contributed by atoms with E-state index in [4.69, 9.17) is 0 Å². The van der Waals surface area contributed by atoms with E-state index < -0.39 is 5.41 Å². The second kappa shape index (κ2) is 6.43. The van der Waals surface area contributed by atoms with Gasteiger partial charge in [-0.3, -0.25) is 14.6 Å². The number of benzene rings is 1. The fourth-order valence-electron chi connectivity index (χ4n) is 2.87. The summed E-state index contributed by atoms with van der Waals surface area (Å²) in [5.74, 6) is -0.0358. The lowest BCUT2D eigenvalue weighted by molar-refractivity contribution is -0.119. The highest BCUT2D eigenvalue weighted by atomic mass is 16.2. The molecule has 1 aromatic heterocycles. The van der Waals surface area contributed by atoms with Gasteiger partial charge >= 0.3 is 0 Å². The van der Waals surface area contributed by atoms with E-state index in [1.54, 1.807) is 6.20 Å². The number of nitrogens with zero attached hydrogens (tertiary/aromatic N) is 1. The van der Waals surface area contributed by atoms with Gasteiger partial charge in [0.05, 0.1) is 5.41 Å². The Labute approximate surface area is 141 Å². The second-order valence-electron chi connectivity index (χ2n) is 6.60. The fraction of sp³-hybridized carbons (Fsp3) is 0.316. The topological polar surface area (TPSA) is 71.1 Å². The van der Waals surface area contributed by atoms with Crippen LogP contribution in [0.3, 0.4) is 0 Å². The summed E-state index contributed by atoms with van der Waals surface area (Å²) < 4.78 is 0. The Morgan fingerprint density at radius 1 is 1.29 bits per heavy atom. The lowest BCUT2D eigenvalue weighted by Crippen LogP contribution is -2.26. The number of aromatic nitrogens is 1. The van der Waals surface area contributed by atoms with Gasteiger partial charge in [0.2, 0.25) is 11.8 Å². The zero-order valence-electron chi connectivity index (χ0n) is 13.9. The largest absolute Gasteiger partial charge is 0.326 e. The van der Waals surface area contributed by atoms with Crippen LogP contribution in [0.2, 0.25) is 0 Å². The van der Waals surface area contributed by atoms with Crippen LogP contribution in [0.25, 0.3) is 0 Å². The van der Waals surface area contributed by atoms with Crippen LogP contribution in [0.15, 0.2) is 42.7 Å². The number of carbonyl (C=O) groups is 2. The predicted octanol–water partition coefficient (Wildman–Crippen LogP) is 3.27. The minimum absolute atomic E-state index is 0.0163. The molecule has 1 aliphatic rings. The van der Waals surface area contributed by atoms with Crippen LogP contribution in [0.1, 0.15) is 37.8 Å². The zero-order valence-corrected chi connectivity index (χ0v) is 13.9. The molecule has 1 aliphatic heterocycles. The van der Waals surface area contributed by atoms with Gasteiger partial charge in [-0.2, -0.15) is 0 Å². The van der Waals surface area contributed by atoms with Crippen LogP contribution in [0.5, 0.6) is 0 Å². The number of anilines is 2. The van der Waals surface area contributed by atoms with E-state index in [1.807, 2.05) is 50.4 Å². The smallest absolute Gasteiger partial charge is 0.234 e. The molecule has 0 bridgehead atoms. The molecule has 0 fully saturated rings. The third kappa shape index (κ3) is 3.30. The van der Waals surface area contributed by atoms with Crippen molar-refractivity contribution in [2.45, 2.75) is 38.5 Å². The number of hydrogen-bond acceptors (Lipinski definition) is 3. The van der Waals surface area contributed by atoms with E-state index in [1.165, 1.54) is 0 Å². The lowest BCUT2D eigenvalue weighted by atomic mass is 9.86. The normalized spacial score (nSPS) is 14.8. The van der Waals surface area contributed by atoms with Crippen molar-refractivity contribution < 1.29 is 9.59 Å². The Hall–Kier alpha value is -2.69. The standard InChI is InChI=1S/C19H21N3O2/c1-19(2)15-11-14(8-9-16(15)22-18(19)24)21-17(23)7-3-5-13-6-4-10-20-12-13/h4,6,8-12H,3,5,7H2,1-2H3,(H,21,23)(H,22,24). The summed E-state index contributed by atoms with van der Waals surface area (Å²) in [6, 6.07) is 9.45. The first kappa shape index (κ1) is 16.2. The van der Waals surface area contributed by atoms with Crippen molar-refractivity contribution in [1.82, 2.24) is 4.98 Å². The molecule has 2 heterocycles. The third-order valence-electron chi connectivity index (χ3n) is 4.38. The van der Waals surface area contributed by atoms with E-state index in [2.05, 4.69) is 15.6 Å². The average Bonchev–Trinajstić information content (AvgIpc) is 2.78. The quantitative estimate of drug-likeness (QED) is 0.887. The van der Waals surface area contributed by atoms with Gasteiger partial charge in [0.15, 0.2) is 0 Å². The average molecular weight is 323 g/mol. The van der Waals surface area contributed by atoms with Crippen molar-refractivity contribution in [3.63, 3.8) is 0 Å². The summed E-state index contributed by atoms with van der Waals surface area (Å²) in [6.45, 7) is 3.77. The van der Waals surface area contributed by atoms with E-state index in [9.17, 15) is 9.59 Å². The van der Waals surface area contributed by atoms with Crippen molar-refractivity contribution in [2.75, 3.05) is 10.6 Å². The predicted molar refractivity (Wildman–Crippen MR) is 93.9 cm³/mol. The first-order chi connectivity index (χ1) is 11.5. The van der Waals surface area contributed by atoms with Gasteiger partial charge in [0, 0.05) is 30.2 Å². The van der Waals surface area contributed by atoms with E-state index >= 15 is 0 Å². The Morgan fingerprint density at radius 2 is 2.12 bits per heavy atom. The van der Waals surface area contributed by atoms with Crippen LogP contribution in [0.4, 0.5) is 11.4 Å². The van der Waals surface area contributed by atoms with Gasteiger partial charge in [-0.15, -0.1) is 0 Å². The summed E-state index contributed by atoms with van der Waals surface area (Å²) in [5.41, 5.74) is 3.02. The van der Waals surface area contributed by atoms with Crippen molar-refractivity contribution in [2.24, 2.45) is 0 Å². The maximum absolute atomic E-state index is 12.1. The van der Waals surface area contributed by atoms with E-state index in [-0.39, 0.29) is 11.8 Å². The van der Waals surface area contributed by atoms with E-state index in [0.29, 0.717) is 6.42 Å². The molecule has 0 unspecified atom stereocenters. The second-order valence-corrected chi connectivity index (χ2v) is 6.60. The monoisotopic (exact) mass is 323 g/mol. The van der Waals surface area contributed by atoms with Crippen LogP contribution in [-0.4, -0.2) is 16.8 Å². The highest BCUT2D eigenvalue weighted by Crippen LogP contribution is 2.38. The minimum atomic E-state index is -0.573. The van der Waals surface area contributed by atoms with Crippen LogP contribution < -0.4 is 10.6 Å². The molecule has 2 amide bonds. The van der Waals surface area contributed by atoms with Crippen molar-refractivity contribution >= 4 is 23.2 Å². The Morgan fingerprint density at radius 3 is 2.88 bits per heavy atom. The van der Waals surface area contributed by atoms with Gasteiger partial charge < -0.3 is 10.6 Å². The molecule has 0 saturated heterocycles. The molecule has 1 aromatic carbocycles. The molecule has 0 spiro atoms. The van der Waals surface area contributed by atoms with Crippen molar-refractivity contribution in [3.05, 3.63) is 53.9 Å². The molecule has 2 aromatic rings. The molecule has 2 N–H and O–H groups in total. The molecule has 124 valence electrons. The zero-order chi connectivity index (χ0) is 17.2. The molecule has 0 atom stereocenters. The molecule has 0 radical (unpaired) electrons. The van der Waals surface area contributed by atoms with Crippen LogP contribution in [0, 0.1) is 0 Å². The molecule has 0 aliphatic carbocycles. The molecule has 5 nitrogen and oxygen atoms in total. The van der Waals surface area contributed by atoms with Crippen LogP contribution in [-0.2, 0) is 21.4 Å². The lowest BCUT2D eigenvalue weighted by Gasteiger charge is -2.16. The first-order valence-corrected chi connectivity index (χ1v) is 8.11. The molecule has 0 saturated carbocycles. The summed E-state index contributed by atoms with van der Waals surface area (Å²) in [7, 11) is 0. The summed E-state index contributed by atoms with van der Waals surface area (Å²) in [4.78, 5) is 28.1. The number of rotatable bonds is 5. The number of fused-ring (bicyclic) bond motifs is 1. The van der Waals surface area contributed by atoms with Gasteiger partial charge in [-0.25, -0.2) is 0 Å². The maximum Gasteiger partial charge on any atom is 0.234 e. The Bertz CT molecular complexity index is 769. The molecular weight excluding hydrogens is 302 g/mol. The third-order valence-corrected chi connectivity index (χ3v) is 4.38. The van der Waals surface area contributed by atoms with Crippen molar-refractivity contribution in [3.8, 4) is 0 Å². The van der Waals surface area contributed by atoms with Crippen LogP contribution >= 0.6 is 0 Å². The number of nitrogens with one attached hydrogen (secondary N) is 2. The Balaban J connectivity index is 1.58. The van der Waals surface area contributed by atoms with Crippen molar-refractivity contribution in [1.29, 1.82) is 0 Å². The number of pyridine rings is 1. The Kier molecular flexibility index (Phi) is 4.34. The molecule has 24 heavy (non-hydrogen) atoms. The highest BCUT2D eigenvalue weighted by Gasteiger charge is 2.38.